The first-order valence-electron chi connectivity index (χ1n) is 19.9. The number of carbonyl (C=O) groups is 1. The Balaban J connectivity index is 3.71. The van der Waals surface area contributed by atoms with E-state index in [2.05, 4.69) is 19.2 Å². The number of nitrogens with one attached hydrogen (secondary N) is 1. The van der Waals surface area contributed by atoms with Gasteiger partial charge in [-0.3, -0.25) is 4.79 Å². The molecule has 45 heavy (non-hydrogen) atoms. The molecule has 0 saturated heterocycles. The molecule has 0 aliphatic rings. The molecule has 4 atom stereocenters. The Bertz CT molecular complexity index is 604. The van der Waals surface area contributed by atoms with E-state index < -0.39 is 36.9 Å². The van der Waals surface area contributed by atoms with Crippen LogP contribution in [0.15, 0.2) is 0 Å². The SMILES string of the molecule is CCCCCCCCCCCCCCCCCCCCCC(O)C(O)C(CO)NC(=O)C(O)CCCCCCCCCCCC. The van der Waals surface area contributed by atoms with Crippen LogP contribution in [0.25, 0.3) is 0 Å². The lowest BCUT2D eigenvalue weighted by molar-refractivity contribution is -0.132. The maximum atomic E-state index is 12.4. The molecule has 0 heterocycles. The van der Waals surface area contributed by atoms with Gasteiger partial charge in [0, 0.05) is 0 Å². The molecule has 1 amide bonds. The lowest BCUT2D eigenvalue weighted by Crippen LogP contribution is -2.53. The highest BCUT2D eigenvalue weighted by Gasteiger charge is 2.28. The van der Waals surface area contributed by atoms with E-state index in [9.17, 15) is 25.2 Å². The lowest BCUT2D eigenvalue weighted by atomic mass is 9.99. The van der Waals surface area contributed by atoms with Crippen LogP contribution in [0.2, 0.25) is 0 Å². The van der Waals surface area contributed by atoms with Crippen molar-refractivity contribution in [2.24, 2.45) is 0 Å². The molecular weight excluding hydrogens is 562 g/mol. The summed E-state index contributed by atoms with van der Waals surface area (Å²) in [6.07, 6.45) is 34.2. The van der Waals surface area contributed by atoms with Crippen molar-refractivity contribution in [3.05, 3.63) is 0 Å². The Hall–Kier alpha value is -0.690. The van der Waals surface area contributed by atoms with E-state index in [1.807, 2.05) is 0 Å². The monoisotopic (exact) mass is 642 g/mol. The number of rotatable bonds is 36. The first kappa shape index (κ1) is 44.3. The van der Waals surface area contributed by atoms with Crippen molar-refractivity contribution in [1.29, 1.82) is 0 Å². The van der Waals surface area contributed by atoms with Crippen LogP contribution in [0.5, 0.6) is 0 Å². The number of unbranched alkanes of at least 4 members (excludes halogenated alkanes) is 27. The number of amides is 1. The van der Waals surface area contributed by atoms with E-state index in [4.69, 9.17) is 0 Å². The van der Waals surface area contributed by atoms with Crippen molar-refractivity contribution in [2.75, 3.05) is 6.61 Å². The van der Waals surface area contributed by atoms with Crippen LogP contribution >= 0.6 is 0 Å². The van der Waals surface area contributed by atoms with Crippen LogP contribution in [0.4, 0.5) is 0 Å². The van der Waals surface area contributed by atoms with Gasteiger partial charge in [-0.25, -0.2) is 0 Å². The van der Waals surface area contributed by atoms with Gasteiger partial charge in [0.05, 0.1) is 18.8 Å². The van der Waals surface area contributed by atoms with Gasteiger partial charge in [-0.2, -0.15) is 0 Å². The smallest absolute Gasteiger partial charge is 0.249 e. The fourth-order valence-electron chi connectivity index (χ4n) is 6.34. The molecule has 0 aromatic carbocycles. The molecule has 0 aliphatic heterocycles. The third-order valence-corrected chi connectivity index (χ3v) is 9.57. The summed E-state index contributed by atoms with van der Waals surface area (Å²) in [5, 5.41) is 43.5. The second-order valence-electron chi connectivity index (χ2n) is 14.0. The van der Waals surface area contributed by atoms with E-state index in [1.54, 1.807) is 0 Å². The van der Waals surface area contributed by atoms with Crippen molar-refractivity contribution in [3.8, 4) is 0 Å². The molecule has 6 nitrogen and oxygen atoms in total. The van der Waals surface area contributed by atoms with Gasteiger partial charge in [0.1, 0.15) is 12.2 Å². The number of aliphatic hydroxyl groups is 4. The van der Waals surface area contributed by atoms with E-state index >= 15 is 0 Å². The molecule has 0 rings (SSSR count). The Morgan fingerprint density at radius 3 is 1.07 bits per heavy atom. The molecular formula is C39H79NO5. The average Bonchev–Trinajstić information content (AvgIpc) is 3.04. The molecule has 0 radical (unpaired) electrons. The molecule has 0 aromatic rings. The zero-order chi connectivity index (χ0) is 33.2. The zero-order valence-corrected chi connectivity index (χ0v) is 30.1. The number of hydrogen-bond acceptors (Lipinski definition) is 5. The van der Waals surface area contributed by atoms with Gasteiger partial charge < -0.3 is 25.7 Å². The summed E-state index contributed by atoms with van der Waals surface area (Å²) in [6.45, 7) is 4.03. The predicted octanol–water partition coefficient (Wildman–Crippen LogP) is 9.68. The minimum atomic E-state index is -1.25. The van der Waals surface area contributed by atoms with Crippen LogP contribution in [0, 0.1) is 0 Å². The fraction of sp³-hybridized carbons (Fsp3) is 0.974. The summed E-state index contributed by atoms with van der Waals surface area (Å²) in [7, 11) is 0. The van der Waals surface area contributed by atoms with Crippen molar-refractivity contribution in [3.63, 3.8) is 0 Å². The van der Waals surface area contributed by atoms with Gasteiger partial charge in [-0.05, 0) is 12.8 Å². The molecule has 0 fully saturated rings. The minimum Gasteiger partial charge on any atom is -0.394 e. The Labute approximate surface area is 279 Å². The Morgan fingerprint density at radius 1 is 0.467 bits per heavy atom. The largest absolute Gasteiger partial charge is 0.394 e. The second kappa shape index (κ2) is 34.6. The molecule has 6 heteroatoms. The van der Waals surface area contributed by atoms with Gasteiger partial charge in [0.2, 0.25) is 5.91 Å². The van der Waals surface area contributed by atoms with Crippen LogP contribution < -0.4 is 5.32 Å². The number of hydrogen-bond donors (Lipinski definition) is 5. The molecule has 5 N–H and O–H groups in total. The van der Waals surface area contributed by atoms with Gasteiger partial charge in [0.25, 0.3) is 0 Å². The summed E-state index contributed by atoms with van der Waals surface area (Å²) in [5.41, 5.74) is 0. The van der Waals surface area contributed by atoms with Crippen molar-refractivity contribution in [1.82, 2.24) is 5.32 Å². The first-order valence-corrected chi connectivity index (χ1v) is 19.9. The van der Waals surface area contributed by atoms with E-state index in [-0.39, 0.29) is 0 Å². The molecule has 0 bridgehead atoms. The number of carbonyl (C=O) groups excluding carboxylic acids is 1. The first-order chi connectivity index (χ1) is 22.0. The number of aliphatic hydroxyl groups excluding tert-OH is 4. The van der Waals surface area contributed by atoms with Crippen LogP contribution in [-0.4, -0.2) is 57.3 Å². The zero-order valence-electron chi connectivity index (χ0n) is 30.1. The molecule has 0 aliphatic carbocycles. The minimum absolute atomic E-state index is 0.373. The molecule has 270 valence electrons. The highest BCUT2D eigenvalue weighted by molar-refractivity contribution is 5.80. The topological polar surface area (TPSA) is 110 Å². The normalized spacial score (nSPS) is 14.4. The third-order valence-electron chi connectivity index (χ3n) is 9.57. The molecule has 4 unspecified atom stereocenters. The van der Waals surface area contributed by atoms with Gasteiger partial charge in [0.15, 0.2) is 0 Å². The summed E-state index contributed by atoms with van der Waals surface area (Å²) in [5.74, 6) is -0.584. The molecule has 0 saturated carbocycles. The van der Waals surface area contributed by atoms with Crippen LogP contribution in [0.1, 0.15) is 213 Å². The van der Waals surface area contributed by atoms with Crippen molar-refractivity contribution in [2.45, 2.75) is 237 Å². The highest BCUT2D eigenvalue weighted by Crippen LogP contribution is 2.17. The van der Waals surface area contributed by atoms with E-state index in [1.165, 1.54) is 148 Å². The van der Waals surface area contributed by atoms with Gasteiger partial charge >= 0.3 is 0 Å². The molecule has 0 spiro atoms. The predicted molar refractivity (Wildman–Crippen MR) is 192 cm³/mol. The Kier molecular flexibility index (Phi) is 34.1. The standard InChI is InChI=1S/C39H79NO5/c1-3-5-7-9-11-13-15-16-17-18-19-20-21-22-23-25-26-28-30-32-36(42)38(44)35(34-41)40-39(45)37(43)33-31-29-27-24-14-12-10-8-6-4-2/h35-38,41-44H,3-34H2,1-2H3,(H,40,45). The Morgan fingerprint density at radius 2 is 0.756 bits per heavy atom. The maximum Gasteiger partial charge on any atom is 0.249 e. The van der Waals surface area contributed by atoms with Crippen LogP contribution in [0.3, 0.4) is 0 Å². The molecule has 0 aromatic heterocycles. The summed E-state index contributed by atoms with van der Waals surface area (Å²) in [4.78, 5) is 12.4. The second-order valence-corrected chi connectivity index (χ2v) is 14.0. The van der Waals surface area contributed by atoms with E-state index in [0.717, 1.165) is 38.5 Å². The van der Waals surface area contributed by atoms with Gasteiger partial charge in [-0.1, -0.05) is 200 Å². The average molecular weight is 642 g/mol. The highest BCUT2D eigenvalue weighted by atomic mass is 16.3. The summed E-state index contributed by atoms with van der Waals surface area (Å²) in [6, 6.07) is -0.977. The van der Waals surface area contributed by atoms with Gasteiger partial charge in [-0.15, -0.1) is 0 Å². The summed E-state index contributed by atoms with van der Waals surface area (Å²) >= 11 is 0. The lowest BCUT2D eigenvalue weighted by Gasteiger charge is -2.27. The summed E-state index contributed by atoms with van der Waals surface area (Å²) < 4.78 is 0. The maximum absolute atomic E-state index is 12.4. The third kappa shape index (κ3) is 29.2. The fourth-order valence-corrected chi connectivity index (χ4v) is 6.34. The van der Waals surface area contributed by atoms with Crippen LogP contribution in [-0.2, 0) is 4.79 Å². The van der Waals surface area contributed by atoms with Crippen molar-refractivity contribution >= 4 is 5.91 Å². The van der Waals surface area contributed by atoms with Crippen molar-refractivity contribution < 1.29 is 25.2 Å². The van der Waals surface area contributed by atoms with E-state index in [0.29, 0.717) is 12.8 Å². The quantitative estimate of drug-likeness (QED) is 0.0438.